The number of nitrogens with one attached hydrogen (secondary N) is 1. The van der Waals surface area contributed by atoms with Crippen molar-refractivity contribution in [1.29, 1.82) is 0 Å². The Bertz CT molecular complexity index is 815. The number of piperidine rings is 1. The van der Waals surface area contributed by atoms with Gasteiger partial charge in [-0.05, 0) is 30.9 Å². The van der Waals surface area contributed by atoms with Gasteiger partial charge in [0.2, 0.25) is 15.9 Å². The van der Waals surface area contributed by atoms with Crippen LogP contribution in [-0.4, -0.2) is 42.6 Å². The van der Waals surface area contributed by atoms with Gasteiger partial charge in [-0.3, -0.25) is 14.3 Å². The largest absolute Gasteiger partial charge is 0.342 e. The minimum absolute atomic E-state index is 0.00693. The predicted molar refractivity (Wildman–Crippen MR) is 91.5 cm³/mol. The van der Waals surface area contributed by atoms with Crippen molar-refractivity contribution in [2.45, 2.75) is 39.2 Å². The summed E-state index contributed by atoms with van der Waals surface area (Å²) >= 11 is 0. The average molecular weight is 353 g/mol. The molecule has 0 aromatic carbocycles. The number of pyridine rings is 1. The van der Waals surface area contributed by atoms with E-state index in [1.807, 2.05) is 11.0 Å². The van der Waals surface area contributed by atoms with Crippen molar-refractivity contribution in [2.75, 3.05) is 23.6 Å². The van der Waals surface area contributed by atoms with Gasteiger partial charge in [0.05, 0.1) is 5.75 Å². The molecular formula is C16H23N3O4S. The summed E-state index contributed by atoms with van der Waals surface area (Å²) in [6, 6.07) is 3.37. The van der Waals surface area contributed by atoms with Crippen LogP contribution in [0.5, 0.6) is 0 Å². The van der Waals surface area contributed by atoms with E-state index in [4.69, 9.17) is 0 Å². The van der Waals surface area contributed by atoms with Gasteiger partial charge in [-0.25, -0.2) is 8.42 Å². The molecular weight excluding hydrogens is 330 g/mol. The number of aromatic nitrogens is 1. The quantitative estimate of drug-likeness (QED) is 0.873. The third-order valence-electron chi connectivity index (χ3n) is 4.79. The van der Waals surface area contributed by atoms with Crippen LogP contribution in [0, 0.1) is 5.92 Å². The number of rotatable bonds is 4. The second kappa shape index (κ2) is 6.23. The molecule has 0 spiro atoms. The molecule has 2 atom stereocenters. The fourth-order valence-electron chi connectivity index (χ4n) is 3.77. The Balaban J connectivity index is 1.93. The van der Waals surface area contributed by atoms with Gasteiger partial charge in [0.1, 0.15) is 5.69 Å². The molecule has 3 heterocycles. The smallest absolute Gasteiger partial charge is 0.275 e. The number of carbonyl (C=O) groups is 1. The Kier molecular flexibility index (Phi) is 4.42. The molecule has 1 fully saturated rings. The normalized spacial score (nSPS) is 22.8. The molecule has 0 radical (unpaired) electrons. The summed E-state index contributed by atoms with van der Waals surface area (Å²) in [5, 5.41) is 0. The average Bonchev–Trinajstić information content (AvgIpc) is 2.50. The summed E-state index contributed by atoms with van der Waals surface area (Å²) in [5.41, 5.74) is 0.703. The minimum Gasteiger partial charge on any atom is -0.342 e. The van der Waals surface area contributed by atoms with E-state index in [0.29, 0.717) is 26.1 Å². The number of hydrogen-bond donors (Lipinski definition) is 1. The van der Waals surface area contributed by atoms with Crippen molar-refractivity contribution >= 4 is 21.6 Å². The first kappa shape index (κ1) is 17.0. The topological polar surface area (TPSA) is 88.5 Å². The number of carbonyl (C=O) groups excluding carboxylic acids is 1. The second-order valence-electron chi connectivity index (χ2n) is 6.73. The molecule has 0 unspecified atom stereocenters. The standard InChI is InChI=1S/C16H23N3O4S/c1-3-6-24(22,23)17-14-4-5-15-13-7-12(9-19(15)16(14)21)8-18(10-13)11(2)20/h4-5,12-13,17H,3,6-10H2,1-2H3/t12-,13+/m0/s1. The molecule has 7 nitrogen and oxygen atoms in total. The van der Waals surface area contributed by atoms with Gasteiger partial charge in [-0.1, -0.05) is 6.92 Å². The Hall–Kier alpha value is -1.83. The Morgan fingerprint density at radius 2 is 2.04 bits per heavy atom. The molecule has 1 aromatic heterocycles. The molecule has 2 aliphatic heterocycles. The van der Waals surface area contributed by atoms with E-state index in [-0.39, 0.29) is 34.7 Å². The van der Waals surface area contributed by atoms with E-state index >= 15 is 0 Å². The Morgan fingerprint density at radius 3 is 2.71 bits per heavy atom. The summed E-state index contributed by atoms with van der Waals surface area (Å²) in [6.45, 7) is 5.15. The number of likely N-dealkylation sites (tertiary alicyclic amines) is 1. The van der Waals surface area contributed by atoms with Gasteiger partial charge in [0, 0.05) is 38.2 Å². The van der Waals surface area contributed by atoms with Crippen LogP contribution in [0.25, 0.3) is 0 Å². The predicted octanol–water partition coefficient (Wildman–Crippen LogP) is 0.966. The number of sulfonamides is 1. The third kappa shape index (κ3) is 3.19. The van der Waals surface area contributed by atoms with Crippen LogP contribution in [0.3, 0.4) is 0 Å². The van der Waals surface area contributed by atoms with Gasteiger partial charge >= 0.3 is 0 Å². The summed E-state index contributed by atoms with van der Waals surface area (Å²) in [7, 11) is -3.49. The molecule has 1 N–H and O–H groups in total. The van der Waals surface area contributed by atoms with Crippen LogP contribution in [-0.2, 0) is 21.4 Å². The van der Waals surface area contributed by atoms with Gasteiger partial charge in [0.25, 0.3) is 5.56 Å². The maximum absolute atomic E-state index is 12.7. The zero-order chi connectivity index (χ0) is 17.5. The summed E-state index contributed by atoms with van der Waals surface area (Å²) in [4.78, 5) is 26.2. The Labute approximate surface area is 141 Å². The zero-order valence-corrected chi connectivity index (χ0v) is 14.8. The lowest BCUT2D eigenvalue weighted by atomic mass is 9.83. The van der Waals surface area contributed by atoms with E-state index in [1.54, 1.807) is 24.5 Å². The first-order valence-electron chi connectivity index (χ1n) is 8.30. The van der Waals surface area contributed by atoms with Gasteiger partial charge < -0.3 is 9.47 Å². The molecule has 2 aliphatic rings. The van der Waals surface area contributed by atoms with Crippen LogP contribution in [0.2, 0.25) is 0 Å². The fourth-order valence-corrected chi connectivity index (χ4v) is 4.90. The maximum atomic E-state index is 12.7. The maximum Gasteiger partial charge on any atom is 0.275 e. The lowest BCUT2D eigenvalue weighted by Crippen LogP contribution is -2.48. The van der Waals surface area contributed by atoms with E-state index in [0.717, 1.165) is 12.1 Å². The number of anilines is 1. The van der Waals surface area contributed by atoms with Gasteiger partial charge in [0.15, 0.2) is 0 Å². The van der Waals surface area contributed by atoms with Gasteiger partial charge in [-0.2, -0.15) is 0 Å². The SMILES string of the molecule is CCCS(=O)(=O)Nc1ccc2n(c1=O)C[C@H]1C[C@@H]2CN(C(C)=O)C1. The van der Waals surface area contributed by atoms with Crippen LogP contribution >= 0.6 is 0 Å². The highest BCUT2D eigenvalue weighted by Crippen LogP contribution is 2.35. The summed E-state index contributed by atoms with van der Waals surface area (Å²) in [6.07, 6.45) is 1.46. The number of fused-ring (bicyclic) bond motifs is 4. The third-order valence-corrected chi connectivity index (χ3v) is 6.26. The second-order valence-corrected chi connectivity index (χ2v) is 8.57. The molecule has 3 rings (SSSR count). The van der Waals surface area contributed by atoms with E-state index in [2.05, 4.69) is 4.72 Å². The summed E-state index contributed by atoms with van der Waals surface area (Å²) in [5.74, 6) is 0.424. The molecule has 8 heteroatoms. The Morgan fingerprint density at radius 1 is 1.29 bits per heavy atom. The van der Waals surface area contributed by atoms with Crippen molar-refractivity contribution in [3.63, 3.8) is 0 Å². The van der Waals surface area contributed by atoms with Crippen molar-refractivity contribution in [3.05, 3.63) is 28.2 Å². The molecule has 1 amide bonds. The molecule has 1 aromatic rings. The molecule has 132 valence electrons. The fraction of sp³-hybridized carbons (Fsp3) is 0.625. The number of nitrogens with zero attached hydrogens (tertiary/aromatic N) is 2. The first-order valence-corrected chi connectivity index (χ1v) is 9.95. The van der Waals surface area contributed by atoms with Crippen LogP contribution < -0.4 is 10.3 Å². The molecule has 1 saturated heterocycles. The van der Waals surface area contributed by atoms with Crippen molar-refractivity contribution in [1.82, 2.24) is 9.47 Å². The molecule has 24 heavy (non-hydrogen) atoms. The van der Waals surface area contributed by atoms with E-state index < -0.39 is 10.0 Å². The number of amides is 1. The highest BCUT2D eigenvalue weighted by Gasteiger charge is 2.35. The first-order chi connectivity index (χ1) is 11.3. The minimum atomic E-state index is -3.49. The van der Waals surface area contributed by atoms with Crippen LogP contribution in [0.1, 0.15) is 38.3 Å². The van der Waals surface area contributed by atoms with E-state index in [9.17, 15) is 18.0 Å². The zero-order valence-electron chi connectivity index (χ0n) is 14.0. The molecule has 0 aliphatic carbocycles. The van der Waals surface area contributed by atoms with Gasteiger partial charge in [-0.15, -0.1) is 0 Å². The lowest BCUT2D eigenvalue weighted by molar-refractivity contribution is -0.131. The highest BCUT2D eigenvalue weighted by atomic mass is 32.2. The van der Waals surface area contributed by atoms with Crippen molar-refractivity contribution in [3.8, 4) is 0 Å². The van der Waals surface area contributed by atoms with Crippen LogP contribution in [0.4, 0.5) is 5.69 Å². The monoisotopic (exact) mass is 353 g/mol. The highest BCUT2D eigenvalue weighted by molar-refractivity contribution is 7.92. The molecule has 2 bridgehead atoms. The van der Waals surface area contributed by atoms with Crippen molar-refractivity contribution < 1.29 is 13.2 Å². The van der Waals surface area contributed by atoms with E-state index in [1.165, 1.54) is 0 Å². The lowest BCUT2D eigenvalue weighted by Gasteiger charge is -2.42. The number of hydrogen-bond acceptors (Lipinski definition) is 4. The molecule has 0 saturated carbocycles. The summed E-state index contributed by atoms with van der Waals surface area (Å²) < 4.78 is 27.9. The van der Waals surface area contributed by atoms with Crippen LogP contribution in [0.15, 0.2) is 16.9 Å². The van der Waals surface area contributed by atoms with Crippen molar-refractivity contribution in [2.24, 2.45) is 5.92 Å².